The third-order valence-electron chi connectivity index (χ3n) is 3.61. The molecule has 0 aromatic carbocycles. The number of ether oxygens (including phenoxy) is 2. The van der Waals surface area contributed by atoms with Crippen LogP contribution in [0.1, 0.15) is 52.4 Å². The first kappa shape index (κ1) is 15.4. The standard InChI is InChI=1S/C14H27NO3/c1-11(2)6-5-9-18-12-7-4-8-14(15,10-12)13(16)17-3/h11-12H,4-10,15H2,1-3H3. The van der Waals surface area contributed by atoms with E-state index >= 15 is 0 Å². The minimum absolute atomic E-state index is 0.106. The van der Waals surface area contributed by atoms with E-state index in [1.54, 1.807) is 0 Å². The smallest absolute Gasteiger partial charge is 0.325 e. The zero-order valence-electron chi connectivity index (χ0n) is 11.9. The fourth-order valence-electron chi connectivity index (χ4n) is 2.53. The monoisotopic (exact) mass is 257 g/mol. The average molecular weight is 257 g/mol. The van der Waals surface area contributed by atoms with Crippen LogP contribution in [-0.2, 0) is 14.3 Å². The summed E-state index contributed by atoms with van der Waals surface area (Å²) in [6.07, 6.45) is 5.57. The second kappa shape index (κ2) is 7.10. The number of methoxy groups -OCH3 is 1. The lowest BCUT2D eigenvalue weighted by molar-refractivity contribution is -0.150. The molecule has 2 unspecified atom stereocenters. The Labute approximate surface area is 110 Å². The molecule has 0 heterocycles. The fraction of sp³-hybridized carbons (Fsp3) is 0.929. The van der Waals surface area contributed by atoms with Crippen LogP contribution in [0.5, 0.6) is 0 Å². The average Bonchev–Trinajstić information content (AvgIpc) is 2.33. The highest BCUT2D eigenvalue weighted by Gasteiger charge is 2.40. The van der Waals surface area contributed by atoms with Gasteiger partial charge in [-0.15, -0.1) is 0 Å². The number of carbonyl (C=O) groups is 1. The summed E-state index contributed by atoms with van der Waals surface area (Å²) in [7, 11) is 1.39. The first-order valence-corrected chi connectivity index (χ1v) is 6.97. The van der Waals surface area contributed by atoms with Gasteiger partial charge in [-0.3, -0.25) is 4.79 Å². The number of hydrogen-bond acceptors (Lipinski definition) is 4. The molecule has 18 heavy (non-hydrogen) atoms. The molecule has 0 aliphatic heterocycles. The Morgan fingerprint density at radius 1 is 1.50 bits per heavy atom. The van der Waals surface area contributed by atoms with Gasteiger partial charge in [0.25, 0.3) is 0 Å². The van der Waals surface area contributed by atoms with Gasteiger partial charge in [0.15, 0.2) is 0 Å². The Morgan fingerprint density at radius 2 is 2.22 bits per heavy atom. The Bertz CT molecular complexity index is 268. The normalized spacial score (nSPS) is 28.4. The van der Waals surface area contributed by atoms with E-state index in [2.05, 4.69) is 13.8 Å². The topological polar surface area (TPSA) is 61.5 Å². The van der Waals surface area contributed by atoms with Crippen molar-refractivity contribution >= 4 is 5.97 Å². The summed E-state index contributed by atoms with van der Waals surface area (Å²) in [5.41, 5.74) is 5.26. The molecule has 0 radical (unpaired) electrons. The SMILES string of the molecule is COC(=O)C1(N)CCCC(OCCCC(C)C)C1. The Balaban J connectivity index is 2.33. The lowest BCUT2D eigenvalue weighted by Gasteiger charge is -2.35. The van der Waals surface area contributed by atoms with Gasteiger partial charge in [0.05, 0.1) is 13.2 Å². The summed E-state index contributed by atoms with van der Waals surface area (Å²) in [5.74, 6) is 0.404. The molecule has 0 spiro atoms. The van der Waals surface area contributed by atoms with Crippen molar-refractivity contribution in [3.8, 4) is 0 Å². The van der Waals surface area contributed by atoms with Crippen molar-refractivity contribution in [2.45, 2.75) is 64.0 Å². The first-order valence-electron chi connectivity index (χ1n) is 6.97. The van der Waals surface area contributed by atoms with E-state index in [-0.39, 0.29) is 12.1 Å². The van der Waals surface area contributed by atoms with E-state index in [1.807, 2.05) is 0 Å². The number of esters is 1. The predicted molar refractivity (Wildman–Crippen MR) is 71.2 cm³/mol. The minimum atomic E-state index is -0.838. The van der Waals surface area contributed by atoms with Gasteiger partial charge < -0.3 is 15.2 Å². The number of nitrogens with two attached hydrogens (primary N) is 1. The summed E-state index contributed by atoms with van der Waals surface area (Å²) < 4.78 is 10.6. The molecule has 106 valence electrons. The zero-order chi connectivity index (χ0) is 13.6. The number of hydrogen-bond donors (Lipinski definition) is 1. The van der Waals surface area contributed by atoms with Gasteiger partial charge in [-0.2, -0.15) is 0 Å². The fourth-order valence-corrected chi connectivity index (χ4v) is 2.53. The number of rotatable bonds is 6. The molecular weight excluding hydrogens is 230 g/mol. The lowest BCUT2D eigenvalue weighted by Crippen LogP contribution is -2.53. The molecule has 2 N–H and O–H groups in total. The van der Waals surface area contributed by atoms with Gasteiger partial charge in [0.1, 0.15) is 5.54 Å². The maximum Gasteiger partial charge on any atom is 0.325 e. The van der Waals surface area contributed by atoms with Crippen LogP contribution in [0, 0.1) is 5.92 Å². The number of carbonyl (C=O) groups excluding carboxylic acids is 1. The molecule has 1 saturated carbocycles. The van der Waals surface area contributed by atoms with E-state index in [0.717, 1.165) is 25.9 Å². The van der Waals surface area contributed by atoms with Crippen LogP contribution < -0.4 is 5.73 Å². The molecule has 0 saturated heterocycles. The third-order valence-corrected chi connectivity index (χ3v) is 3.61. The van der Waals surface area contributed by atoms with E-state index in [1.165, 1.54) is 13.5 Å². The molecule has 2 atom stereocenters. The van der Waals surface area contributed by atoms with E-state index < -0.39 is 5.54 Å². The molecular formula is C14H27NO3. The Morgan fingerprint density at radius 3 is 2.83 bits per heavy atom. The van der Waals surface area contributed by atoms with Crippen LogP contribution >= 0.6 is 0 Å². The maximum atomic E-state index is 11.7. The summed E-state index contributed by atoms with van der Waals surface area (Å²) >= 11 is 0. The van der Waals surface area contributed by atoms with Crippen molar-refractivity contribution in [3.63, 3.8) is 0 Å². The van der Waals surface area contributed by atoms with Crippen molar-refractivity contribution in [2.24, 2.45) is 11.7 Å². The van der Waals surface area contributed by atoms with Gasteiger partial charge in [0.2, 0.25) is 0 Å². The van der Waals surface area contributed by atoms with Crippen molar-refractivity contribution in [1.82, 2.24) is 0 Å². The van der Waals surface area contributed by atoms with Crippen molar-refractivity contribution < 1.29 is 14.3 Å². The molecule has 4 heteroatoms. The third kappa shape index (κ3) is 4.58. The second-order valence-corrected chi connectivity index (χ2v) is 5.77. The molecule has 0 aromatic rings. The Hall–Kier alpha value is -0.610. The Kier molecular flexibility index (Phi) is 6.09. The van der Waals surface area contributed by atoms with Gasteiger partial charge in [-0.25, -0.2) is 0 Å². The van der Waals surface area contributed by atoms with Crippen LogP contribution in [0.25, 0.3) is 0 Å². The van der Waals surface area contributed by atoms with E-state index in [9.17, 15) is 4.79 Å². The molecule has 1 aliphatic carbocycles. The molecule has 0 amide bonds. The summed E-state index contributed by atoms with van der Waals surface area (Å²) in [6.45, 7) is 5.19. The quantitative estimate of drug-likeness (QED) is 0.585. The predicted octanol–water partition coefficient (Wildman–Crippen LogP) is 2.25. The molecule has 0 aromatic heterocycles. The second-order valence-electron chi connectivity index (χ2n) is 5.77. The van der Waals surface area contributed by atoms with Gasteiger partial charge in [0, 0.05) is 13.0 Å². The van der Waals surface area contributed by atoms with E-state index in [4.69, 9.17) is 15.2 Å². The highest BCUT2D eigenvalue weighted by atomic mass is 16.5. The van der Waals surface area contributed by atoms with Crippen LogP contribution in [-0.4, -0.2) is 31.3 Å². The molecule has 1 fully saturated rings. The van der Waals surface area contributed by atoms with E-state index in [0.29, 0.717) is 18.8 Å². The van der Waals surface area contributed by atoms with Crippen LogP contribution in [0.3, 0.4) is 0 Å². The van der Waals surface area contributed by atoms with Crippen LogP contribution in [0.2, 0.25) is 0 Å². The lowest BCUT2D eigenvalue weighted by atomic mass is 9.81. The van der Waals surface area contributed by atoms with Crippen LogP contribution in [0.15, 0.2) is 0 Å². The molecule has 1 rings (SSSR count). The highest BCUT2D eigenvalue weighted by molar-refractivity contribution is 5.80. The first-order chi connectivity index (χ1) is 8.48. The summed E-state index contributed by atoms with van der Waals surface area (Å²) in [4.78, 5) is 11.7. The van der Waals surface area contributed by atoms with Gasteiger partial charge in [-0.05, 0) is 38.0 Å². The minimum Gasteiger partial charge on any atom is -0.468 e. The summed E-state index contributed by atoms with van der Waals surface area (Å²) in [6, 6.07) is 0. The zero-order valence-corrected chi connectivity index (χ0v) is 11.9. The van der Waals surface area contributed by atoms with Crippen molar-refractivity contribution in [1.29, 1.82) is 0 Å². The molecule has 4 nitrogen and oxygen atoms in total. The molecule has 1 aliphatic rings. The largest absolute Gasteiger partial charge is 0.468 e. The van der Waals surface area contributed by atoms with Crippen molar-refractivity contribution in [2.75, 3.05) is 13.7 Å². The maximum absolute atomic E-state index is 11.7. The highest BCUT2D eigenvalue weighted by Crippen LogP contribution is 2.29. The van der Waals surface area contributed by atoms with Crippen molar-refractivity contribution in [3.05, 3.63) is 0 Å². The van der Waals surface area contributed by atoms with Gasteiger partial charge >= 0.3 is 5.97 Å². The summed E-state index contributed by atoms with van der Waals surface area (Å²) in [5, 5.41) is 0. The molecule has 0 bridgehead atoms. The van der Waals surface area contributed by atoms with Gasteiger partial charge in [-0.1, -0.05) is 13.8 Å². The van der Waals surface area contributed by atoms with Crippen LogP contribution in [0.4, 0.5) is 0 Å².